The fourth-order valence-electron chi connectivity index (χ4n) is 2.65. The van der Waals surface area contributed by atoms with Crippen molar-refractivity contribution in [3.63, 3.8) is 0 Å². The number of halogens is 1. The molecule has 6 nitrogen and oxygen atoms in total. The van der Waals surface area contributed by atoms with Gasteiger partial charge in [-0.2, -0.15) is 5.10 Å². The summed E-state index contributed by atoms with van der Waals surface area (Å²) in [5.74, 6) is 0.284. The van der Waals surface area contributed by atoms with E-state index in [9.17, 15) is 4.79 Å². The number of benzene rings is 3. The molecule has 0 aromatic heterocycles. The summed E-state index contributed by atoms with van der Waals surface area (Å²) in [6, 6.07) is 19.4. The molecule has 0 saturated heterocycles. The number of nitrogens with zero attached hydrogens (tertiary/aromatic N) is 1. The van der Waals surface area contributed by atoms with Gasteiger partial charge in [0.05, 0.1) is 24.1 Å². The lowest BCUT2D eigenvalue weighted by atomic mass is 10.2. The van der Waals surface area contributed by atoms with E-state index in [1.165, 1.54) is 12.1 Å². The monoisotopic (exact) mass is 424 g/mol. The number of nitrogens with one attached hydrogen (secondary N) is 1. The van der Waals surface area contributed by atoms with Crippen LogP contribution in [0.1, 0.15) is 28.4 Å². The number of aromatic carboxylic acids is 1. The molecule has 2 N–H and O–H groups in total. The molecule has 0 spiro atoms. The molecule has 0 atom stereocenters. The maximum absolute atomic E-state index is 10.9. The molecule has 3 aromatic carbocycles. The Labute approximate surface area is 179 Å². The number of rotatable bonds is 9. The first kappa shape index (κ1) is 21.2. The molecule has 0 amide bonds. The van der Waals surface area contributed by atoms with Crippen LogP contribution in [-0.2, 0) is 6.61 Å². The minimum Gasteiger partial charge on any atom is -0.490 e. The standard InChI is InChI=1S/C23H21ClN2O4/c1-2-29-22-13-16(14-25-26-20-9-7-18(8-10-20)23(27)28)6-11-21(22)30-15-17-4-3-5-19(24)12-17/h3-14,26H,2,15H2,1H3,(H,27,28)/b25-14+. The number of carboxylic acids is 1. The van der Waals surface area contributed by atoms with Gasteiger partial charge in [-0.05, 0) is 72.6 Å². The van der Waals surface area contributed by atoms with Gasteiger partial charge >= 0.3 is 5.97 Å². The van der Waals surface area contributed by atoms with Crippen LogP contribution >= 0.6 is 11.6 Å². The summed E-state index contributed by atoms with van der Waals surface area (Å²) in [6.45, 7) is 2.79. The zero-order chi connectivity index (χ0) is 21.3. The predicted octanol–water partition coefficient (Wildman–Crippen LogP) is 5.46. The number of hydrogen-bond donors (Lipinski definition) is 2. The predicted molar refractivity (Wildman–Crippen MR) is 118 cm³/mol. The van der Waals surface area contributed by atoms with Gasteiger partial charge < -0.3 is 14.6 Å². The van der Waals surface area contributed by atoms with Crippen LogP contribution in [0.5, 0.6) is 11.5 Å². The van der Waals surface area contributed by atoms with Gasteiger partial charge in [0.15, 0.2) is 11.5 Å². The van der Waals surface area contributed by atoms with E-state index in [0.29, 0.717) is 35.4 Å². The SMILES string of the molecule is CCOc1cc(/C=N/Nc2ccc(C(=O)O)cc2)ccc1OCc1cccc(Cl)c1. The van der Waals surface area contributed by atoms with Crippen molar-refractivity contribution in [1.82, 2.24) is 0 Å². The molecule has 0 unspecified atom stereocenters. The largest absolute Gasteiger partial charge is 0.490 e. The van der Waals surface area contributed by atoms with E-state index < -0.39 is 5.97 Å². The van der Waals surface area contributed by atoms with Gasteiger partial charge in [-0.25, -0.2) is 4.79 Å². The van der Waals surface area contributed by atoms with E-state index in [2.05, 4.69) is 10.5 Å². The van der Waals surface area contributed by atoms with Crippen molar-refractivity contribution in [3.05, 3.63) is 88.4 Å². The van der Waals surface area contributed by atoms with E-state index in [4.69, 9.17) is 26.2 Å². The van der Waals surface area contributed by atoms with Crippen LogP contribution in [-0.4, -0.2) is 23.9 Å². The van der Waals surface area contributed by atoms with Crippen molar-refractivity contribution in [1.29, 1.82) is 0 Å². The number of hydrazone groups is 1. The molecule has 0 heterocycles. The molecule has 154 valence electrons. The van der Waals surface area contributed by atoms with E-state index in [1.807, 2.05) is 49.4 Å². The molecule has 3 aromatic rings. The van der Waals surface area contributed by atoms with Gasteiger partial charge in [0.2, 0.25) is 0 Å². The number of carboxylic acid groups (broad SMARTS) is 1. The zero-order valence-corrected chi connectivity index (χ0v) is 17.1. The fourth-order valence-corrected chi connectivity index (χ4v) is 2.86. The van der Waals surface area contributed by atoms with Gasteiger partial charge in [-0.15, -0.1) is 0 Å². The summed E-state index contributed by atoms with van der Waals surface area (Å²) >= 11 is 6.02. The van der Waals surface area contributed by atoms with E-state index in [-0.39, 0.29) is 5.56 Å². The highest BCUT2D eigenvalue weighted by molar-refractivity contribution is 6.30. The average Bonchev–Trinajstić information content (AvgIpc) is 2.74. The number of carbonyl (C=O) groups is 1. The lowest BCUT2D eigenvalue weighted by molar-refractivity contribution is 0.0697. The molecule has 0 aliphatic rings. The molecule has 0 aliphatic carbocycles. The third-order valence-corrected chi connectivity index (χ3v) is 4.33. The minimum absolute atomic E-state index is 0.222. The van der Waals surface area contributed by atoms with E-state index in [0.717, 1.165) is 11.1 Å². The Morgan fingerprint density at radius 1 is 1.07 bits per heavy atom. The first-order valence-electron chi connectivity index (χ1n) is 9.31. The van der Waals surface area contributed by atoms with E-state index >= 15 is 0 Å². The Balaban J connectivity index is 1.66. The molecule has 0 saturated carbocycles. The van der Waals surface area contributed by atoms with Crippen molar-refractivity contribution in [2.75, 3.05) is 12.0 Å². The Hall–Kier alpha value is -3.51. The molecule has 7 heteroatoms. The van der Waals surface area contributed by atoms with Crippen LogP contribution in [0.25, 0.3) is 0 Å². The number of hydrogen-bond acceptors (Lipinski definition) is 5. The summed E-state index contributed by atoms with van der Waals surface area (Å²) in [5.41, 5.74) is 5.56. The summed E-state index contributed by atoms with van der Waals surface area (Å²) < 4.78 is 11.6. The van der Waals surface area contributed by atoms with Crippen LogP contribution in [0.2, 0.25) is 5.02 Å². The quantitative estimate of drug-likeness (QED) is 0.352. The topological polar surface area (TPSA) is 80.2 Å². The zero-order valence-electron chi connectivity index (χ0n) is 16.3. The first-order chi connectivity index (χ1) is 14.5. The van der Waals surface area contributed by atoms with Gasteiger partial charge in [0.1, 0.15) is 6.61 Å². The van der Waals surface area contributed by atoms with Crippen LogP contribution in [0.3, 0.4) is 0 Å². The molecule has 0 fully saturated rings. The molecular formula is C23H21ClN2O4. The van der Waals surface area contributed by atoms with Crippen LogP contribution in [0.4, 0.5) is 5.69 Å². The first-order valence-corrected chi connectivity index (χ1v) is 9.69. The average molecular weight is 425 g/mol. The second-order valence-corrected chi connectivity index (χ2v) is 6.75. The van der Waals surface area contributed by atoms with Crippen molar-refractivity contribution in [2.24, 2.45) is 5.10 Å². The fraction of sp³-hybridized carbons (Fsp3) is 0.130. The van der Waals surface area contributed by atoms with Gasteiger partial charge in [-0.3, -0.25) is 5.43 Å². The highest BCUT2D eigenvalue weighted by Crippen LogP contribution is 2.29. The Bertz CT molecular complexity index is 1040. The summed E-state index contributed by atoms with van der Waals surface area (Å²) in [6.07, 6.45) is 1.65. The van der Waals surface area contributed by atoms with Gasteiger partial charge in [0, 0.05) is 5.02 Å². The second-order valence-electron chi connectivity index (χ2n) is 6.31. The van der Waals surface area contributed by atoms with Crippen LogP contribution in [0.15, 0.2) is 71.8 Å². The third-order valence-electron chi connectivity index (χ3n) is 4.09. The lowest BCUT2D eigenvalue weighted by Gasteiger charge is -2.13. The van der Waals surface area contributed by atoms with Crippen LogP contribution < -0.4 is 14.9 Å². The highest BCUT2D eigenvalue weighted by Gasteiger charge is 2.07. The summed E-state index contributed by atoms with van der Waals surface area (Å²) in [4.78, 5) is 10.9. The summed E-state index contributed by atoms with van der Waals surface area (Å²) in [5, 5.41) is 13.8. The Kier molecular flexibility index (Phi) is 7.29. The minimum atomic E-state index is -0.967. The molecule has 0 aliphatic heterocycles. The maximum Gasteiger partial charge on any atom is 0.335 e. The third kappa shape index (κ3) is 5.99. The normalized spacial score (nSPS) is 10.7. The maximum atomic E-state index is 10.9. The highest BCUT2D eigenvalue weighted by atomic mass is 35.5. The van der Waals surface area contributed by atoms with Gasteiger partial charge in [-0.1, -0.05) is 23.7 Å². The van der Waals surface area contributed by atoms with Gasteiger partial charge in [0.25, 0.3) is 0 Å². The van der Waals surface area contributed by atoms with Crippen LogP contribution in [0, 0.1) is 0 Å². The van der Waals surface area contributed by atoms with Crippen molar-refractivity contribution >= 4 is 29.5 Å². The Morgan fingerprint density at radius 2 is 1.87 bits per heavy atom. The molecule has 30 heavy (non-hydrogen) atoms. The van der Waals surface area contributed by atoms with E-state index in [1.54, 1.807) is 18.3 Å². The smallest absolute Gasteiger partial charge is 0.335 e. The molecule has 0 radical (unpaired) electrons. The van der Waals surface area contributed by atoms with Crippen molar-refractivity contribution < 1.29 is 19.4 Å². The number of ether oxygens (including phenoxy) is 2. The number of anilines is 1. The second kappa shape index (κ2) is 10.3. The molecule has 3 rings (SSSR count). The molecular weight excluding hydrogens is 404 g/mol. The Morgan fingerprint density at radius 3 is 2.57 bits per heavy atom. The molecule has 0 bridgehead atoms. The van der Waals surface area contributed by atoms with Crippen molar-refractivity contribution in [2.45, 2.75) is 13.5 Å². The summed E-state index contributed by atoms with van der Waals surface area (Å²) in [7, 11) is 0. The van der Waals surface area contributed by atoms with Crippen molar-refractivity contribution in [3.8, 4) is 11.5 Å². The lowest BCUT2D eigenvalue weighted by Crippen LogP contribution is -2.01.